The van der Waals surface area contributed by atoms with E-state index in [4.69, 9.17) is 0 Å². The SMILES string of the molecule is CCCC(C)n1cc(CNC(C)C)cn1. The Kier molecular flexibility index (Phi) is 4.82. The third kappa shape index (κ3) is 4.04. The van der Waals surface area contributed by atoms with Crippen LogP contribution in [0.25, 0.3) is 0 Å². The molecule has 1 heterocycles. The summed E-state index contributed by atoms with van der Waals surface area (Å²) in [4.78, 5) is 0. The smallest absolute Gasteiger partial charge is 0.0534 e. The molecule has 1 aromatic heterocycles. The van der Waals surface area contributed by atoms with E-state index >= 15 is 0 Å². The van der Waals surface area contributed by atoms with Gasteiger partial charge in [-0.15, -0.1) is 0 Å². The van der Waals surface area contributed by atoms with Gasteiger partial charge in [-0.1, -0.05) is 27.2 Å². The van der Waals surface area contributed by atoms with Gasteiger partial charge in [0.25, 0.3) is 0 Å². The second-order valence-corrected chi connectivity index (χ2v) is 4.50. The molecule has 1 unspecified atom stereocenters. The fraction of sp³-hybridized carbons (Fsp3) is 0.750. The molecule has 0 radical (unpaired) electrons. The number of nitrogens with zero attached hydrogens (tertiary/aromatic N) is 2. The standard InChI is InChI=1S/C12H23N3/c1-5-6-11(4)15-9-12(8-14-15)7-13-10(2)3/h8-11,13H,5-7H2,1-4H3. The maximum Gasteiger partial charge on any atom is 0.0534 e. The molecule has 3 nitrogen and oxygen atoms in total. The van der Waals surface area contributed by atoms with Crippen molar-refractivity contribution in [1.29, 1.82) is 0 Å². The third-order valence-corrected chi connectivity index (χ3v) is 2.53. The zero-order valence-corrected chi connectivity index (χ0v) is 10.3. The Morgan fingerprint density at radius 1 is 1.40 bits per heavy atom. The summed E-state index contributed by atoms with van der Waals surface area (Å²) in [6, 6.07) is 1.05. The van der Waals surface area contributed by atoms with Crippen LogP contribution in [0.5, 0.6) is 0 Å². The number of nitrogens with one attached hydrogen (secondary N) is 1. The highest BCUT2D eigenvalue weighted by molar-refractivity contribution is 5.04. The second kappa shape index (κ2) is 5.91. The molecule has 0 saturated heterocycles. The van der Waals surface area contributed by atoms with Crippen molar-refractivity contribution in [2.24, 2.45) is 0 Å². The Morgan fingerprint density at radius 3 is 2.73 bits per heavy atom. The van der Waals surface area contributed by atoms with Crippen molar-refractivity contribution in [2.45, 2.75) is 59.2 Å². The lowest BCUT2D eigenvalue weighted by molar-refractivity contribution is 0.454. The van der Waals surface area contributed by atoms with E-state index in [1.807, 2.05) is 6.20 Å². The molecule has 86 valence electrons. The molecule has 0 fully saturated rings. The zero-order chi connectivity index (χ0) is 11.3. The van der Waals surface area contributed by atoms with Gasteiger partial charge in [-0.3, -0.25) is 4.68 Å². The van der Waals surface area contributed by atoms with Crippen molar-refractivity contribution >= 4 is 0 Å². The van der Waals surface area contributed by atoms with Gasteiger partial charge in [0.2, 0.25) is 0 Å². The lowest BCUT2D eigenvalue weighted by Gasteiger charge is -2.10. The molecule has 3 heteroatoms. The van der Waals surface area contributed by atoms with E-state index in [1.54, 1.807) is 0 Å². The average Bonchev–Trinajstić information content (AvgIpc) is 2.63. The van der Waals surface area contributed by atoms with Crippen LogP contribution in [0, 0.1) is 0 Å². The number of rotatable bonds is 6. The van der Waals surface area contributed by atoms with Gasteiger partial charge in [0.15, 0.2) is 0 Å². The number of aromatic nitrogens is 2. The fourth-order valence-electron chi connectivity index (χ4n) is 1.58. The molecule has 0 saturated carbocycles. The van der Waals surface area contributed by atoms with Crippen LogP contribution in [-0.4, -0.2) is 15.8 Å². The van der Waals surface area contributed by atoms with E-state index in [9.17, 15) is 0 Å². The molecule has 15 heavy (non-hydrogen) atoms. The van der Waals surface area contributed by atoms with Crippen molar-refractivity contribution in [2.75, 3.05) is 0 Å². The summed E-state index contributed by atoms with van der Waals surface area (Å²) in [7, 11) is 0. The minimum absolute atomic E-state index is 0.516. The van der Waals surface area contributed by atoms with Crippen LogP contribution >= 0.6 is 0 Å². The minimum atomic E-state index is 0.516. The van der Waals surface area contributed by atoms with E-state index in [1.165, 1.54) is 18.4 Å². The summed E-state index contributed by atoms with van der Waals surface area (Å²) in [5, 5.41) is 7.78. The minimum Gasteiger partial charge on any atom is -0.310 e. The molecular weight excluding hydrogens is 186 g/mol. The van der Waals surface area contributed by atoms with E-state index in [0.29, 0.717) is 12.1 Å². The average molecular weight is 209 g/mol. The van der Waals surface area contributed by atoms with Crippen LogP contribution in [0.2, 0.25) is 0 Å². The van der Waals surface area contributed by atoms with Gasteiger partial charge in [-0.25, -0.2) is 0 Å². The van der Waals surface area contributed by atoms with Gasteiger partial charge < -0.3 is 5.32 Å². The predicted molar refractivity (Wildman–Crippen MR) is 63.8 cm³/mol. The molecule has 0 bridgehead atoms. The van der Waals surface area contributed by atoms with Gasteiger partial charge in [-0.05, 0) is 13.3 Å². The van der Waals surface area contributed by atoms with Gasteiger partial charge in [0, 0.05) is 30.4 Å². The van der Waals surface area contributed by atoms with Gasteiger partial charge in [0.1, 0.15) is 0 Å². The largest absolute Gasteiger partial charge is 0.310 e. The highest BCUT2D eigenvalue weighted by Gasteiger charge is 2.05. The van der Waals surface area contributed by atoms with Gasteiger partial charge >= 0.3 is 0 Å². The molecule has 1 rings (SSSR count). The predicted octanol–water partition coefficient (Wildman–Crippen LogP) is 2.74. The Labute approximate surface area is 92.9 Å². The van der Waals surface area contributed by atoms with E-state index in [-0.39, 0.29) is 0 Å². The first kappa shape index (κ1) is 12.2. The van der Waals surface area contributed by atoms with E-state index in [2.05, 4.69) is 49.0 Å². The summed E-state index contributed by atoms with van der Waals surface area (Å²) >= 11 is 0. The summed E-state index contributed by atoms with van der Waals surface area (Å²) in [5.74, 6) is 0. The molecule has 1 atom stereocenters. The Hall–Kier alpha value is -0.830. The molecule has 0 aromatic carbocycles. The van der Waals surface area contributed by atoms with Gasteiger partial charge in [-0.2, -0.15) is 5.10 Å². The van der Waals surface area contributed by atoms with E-state index in [0.717, 1.165) is 6.54 Å². The first-order chi connectivity index (χ1) is 7.13. The monoisotopic (exact) mass is 209 g/mol. The number of hydrogen-bond acceptors (Lipinski definition) is 2. The Bertz CT molecular complexity index is 278. The highest BCUT2D eigenvalue weighted by Crippen LogP contribution is 2.12. The summed E-state index contributed by atoms with van der Waals surface area (Å²) in [6.45, 7) is 9.65. The van der Waals surface area contributed by atoms with Crippen molar-refractivity contribution in [3.63, 3.8) is 0 Å². The van der Waals surface area contributed by atoms with Crippen LogP contribution in [0.3, 0.4) is 0 Å². The Morgan fingerprint density at radius 2 is 2.13 bits per heavy atom. The molecule has 0 aliphatic rings. The van der Waals surface area contributed by atoms with Crippen LogP contribution in [0.1, 0.15) is 52.1 Å². The summed E-state index contributed by atoms with van der Waals surface area (Å²) in [6.07, 6.45) is 6.51. The first-order valence-corrected chi connectivity index (χ1v) is 5.90. The van der Waals surface area contributed by atoms with Crippen molar-refractivity contribution < 1.29 is 0 Å². The summed E-state index contributed by atoms with van der Waals surface area (Å²) in [5.41, 5.74) is 1.27. The van der Waals surface area contributed by atoms with E-state index < -0.39 is 0 Å². The molecule has 0 aliphatic heterocycles. The zero-order valence-electron chi connectivity index (χ0n) is 10.3. The molecule has 0 aliphatic carbocycles. The fourth-order valence-corrected chi connectivity index (χ4v) is 1.58. The van der Waals surface area contributed by atoms with Gasteiger partial charge in [0.05, 0.1) is 6.20 Å². The topological polar surface area (TPSA) is 29.9 Å². The molecular formula is C12H23N3. The molecule has 0 amide bonds. The first-order valence-electron chi connectivity index (χ1n) is 5.90. The van der Waals surface area contributed by atoms with Crippen LogP contribution in [0.4, 0.5) is 0 Å². The lowest BCUT2D eigenvalue weighted by Crippen LogP contribution is -2.21. The molecule has 0 spiro atoms. The maximum atomic E-state index is 4.39. The Balaban J connectivity index is 2.48. The number of hydrogen-bond donors (Lipinski definition) is 1. The lowest BCUT2D eigenvalue weighted by atomic mass is 10.2. The van der Waals surface area contributed by atoms with Crippen molar-refractivity contribution in [3.05, 3.63) is 18.0 Å². The second-order valence-electron chi connectivity index (χ2n) is 4.50. The van der Waals surface area contributed by atoms with Crippen LogP contribution in [0.15, 0.2) is 12.4 Å². The molecule has 1 aromatic rings. The normalized spacial score (nSPS) is 13.4. The van der Waals surface area contributed by atoms with Crippen LogP contribution in [-0.2, 0) is 6.54 Å². The third-order valence-electron chi connectivity index (χ3n) is 2.53. The summed E-state index contributed by atoms with van der Waals surface area (Å²) < 4.78 is 2.07. The molecule has 1 N–H and O–H groups in total. The van der Waals surface area contributed by atoms with Crippen LogP contribution < -0.4 is 5.32 Å². The maximum absolute atomic E-state index is 4.39. The van der Waals surface area contributed by atoms with Crippen molar-refractivity contribution in [1.82, 2.24) is 15.1 Å². The highest BCUT2D eigenvalue weighted by atomic mass is 15.3. The van der Waals surface area contributed by atoms with Crippen molar-refractivity contribution in [3.8, 4) is 0 Å². The quantitative estimate of drug-likeness (QED) is 0.780.